The molecule has 0 amide bonds. The lowest BCUT2D eigenvalue weighted by Gasteiger charge is -2.26. The summed E-state index contributed by atoms with van der Waals surface area (Å²) in [4.78, 5) is 2.32. The maximum Gasteiger partial charge on any atom is 0.138 e. The van der Waals surface area contributed by atoms with Crippen LogP contribution in [0.4, 0.5) is 17.1 Å². The SMILES string of the molecule is c1ccc(N(c2ccc(-n3c4ccccc4c4c(-c5ccc6c7ccccc7c7ccccc7c6c5)c5c(cc43)oc3ccccc35)cc2)c2ccc3oc4ccccc4c3c2)cc1. The van der Waals surface area contributed by atoms with Crippen molar-refractivity contribution in [3.8, 4) is 16.8 Å². The van der Waals surface area contributed by atoms with E-state index >= 15 is 0 Å². The predicted molar refractivity (Wildman–Crippen MR) is 268 cm³/mol. The van der Waals surface area contributed by atoms with Crippen molar-refractivity contribution in [3.63, 3.8) is 0 Å². The molecular weight excluding hydrogens is 781 g/mol. The van der Waals surface area contributed by atoms with E-state index in [1.807, 2.05) is 12.1 Å². The van der Waals surface area contributed by atoms with Gasteiger partial charge in [0.05, 0.1) is 11.0 Å². The molecule has 0 saturated carbocycles. The Labute approximate surface area is 367 Å². The summed E-state index contributed by atoms with van der Waals surface area (Å²) in [6, 6.07) is 78.5. The van der Waals surface area contributed by atoms with Crippen LogP contribution in [0.5, 0.6) is 0 Å². The second-order valence-electron chi connectivity index (χ2n) is 16.8. The molecule has 0 unspecified atom stereocenters. The molecule has 0 aliphatic carbocycles. The molecule has 4 heteroatoms. The molecule has 298 valence electrons. The summed E-state index contributed by atoms with van der Waals surface area (Å²) in [5.41, 5.74) is 12.3. The zero-order valence-electron chi connectivity index (χ0n) is 34.5. The van der Waals surface area contributed by atoms with Crippen LogP contribution >= 0.6 is 0 Å². The molecule has 14 aromatic rings. The van der Waals surface area contributed by atoms with Crippen LogP contribution in [0.3, 0.4) is 0 Å². The molecule has 0 N–H and O–H groups in total. The summed E-state index contributed by atoms with van der Waals surface area (Å²) >= 11 is 0. The zero-order valence-corrected chi connectivity index (χ0v) is 34.5. The lowest BCUT2D eigenvalue weighted by atomic mass is 9.89. The summed E-state index contributed by atoms with van der Waals surface area (Å²) in [6.07, 6.45) is 0. The van der Waals surface area contributed by atoms with Gasteiger partial charge >= 0.3 is 0 Å². The molecule has 0 saturated heterocycles. The van der Waals surface area contributed by atoms with Crippen LogP contribution in [0.2, 0.25) is 0 Å². The van der Waals surface area contributed by atoms with Gasteiger partial charge in [0.25, 0.3) is 0 Å². The van der Waals surface area contributed by atoms with Gasteiger partial charge in [-0.05, 0) is 117 Å². The smallest absolute Gasteiger partial charge is 0.138 e. The van der Waals surface area contributed by atoms with E-state index in [-0.39, 0.29) is 0 Å². The quantitative estimate of drug-likeness (QED) is 0.162. The summed E-state index contributed by atoms with van der Waals surface area (Å²) in [7, 11) is 0. The standard InChI is InChI=1S/C60H36N2O2/c1-2-14-38(15-3-1)61(41-31-33-56-51(35-41)47-20-9-12-24-54(47)63-56)39-27-29-40(30-28-39)62-52-23-11-8-21-48(52)59-53(62)36-57-60(49-22-10-13-25-55(49)64-57)58(59)37-26-32-46-44-18-5-4-16-42(44)43-17-6-7-19-45(43)50(46)34-37/h1-36H. The van der Waals surface area contributed by atoms with Gasteiger partial charge in [-0.1, -0.05) is 133 Å². The van der Waals surface area contributed by atoms with Crippen LogP contribution in [0.25, 0.3) is 115 Å². The van der Waals surface area contributed by atoms with Crippen molar-refractivity contribution in [2.45, 2.75) is 0 Å². The van der Waals surface area contributed by atoms with E-state index in [0.29, 0.717) is 0 Å². The van der Waals surface area contributed by atoms with Gasteiger partial charge in [-0.3, -0.25) is 0 Å². The Morgan fingerprint density at radius 1 is 0.297 bits per heavy atom. The van der Waals surface area contributed by atoms with E-state index < -0.39 is 0 Å². The molecule has 0 radical (unpaired) electrons. The van der Waals surface area contributed by atoms with Gasteiger partial charge in [-0.25, -0.2) is 0 Å². The van der Waals surface area contributed by atoms with E-state index in [4.69, 9.17) is 8.83 Å². The van der Waals surface area contributed by atoms with E-state index in [0.717, 1.165) is 83.2 Å². The number of furan rings is 2. The van der Waals surface area contributed by atoms with E-state index in [9.17, 15) is 0 Å². The number of rotatable bonds is 5. The van der Waals surface area contributed by atoms with Gasteiger partial charge in [-0.15, -0.1) is 0 Å². The first kappa shape index (κ1) is 35.0. The molecule has 0 fully saturated rings. The molecule has 0 aliphatic rings. The van der Waals surface area contributed by atoms with Crippen LogP contribution in [-0.2, 0) is 0 Å². The van der Waals surface area contributed by atoms with Crippen LogP contribution in [-0.4, -0.2) is 4.57 Å². The largest absolute Gasteiger partial charge is 0.456 e. The second kappa shape index (κ2) is 13.4. The highest BCUT2D eigenvalue weighted by molar-refractivity contribution is 6.29. The monoisotopic (exact) mass is 816 g/mol. The maximum atomic E-state index is 6.80. The fraction of sp³-hybridized carbons (Fsp3) is 0. The van der Waals surface area contributed by atoms with Crippen molar-refractivity contribution in [2.75, 3.05) is 4.90 Å². The number of nitrogens with zero attached hydrogens (tertiary/aromatic N) is 2. The third-order valence-corrected chi connectivity index (χ3v) is 13.3. The third-order valence-electron chi connectivity index (χ3n) is 13.3. The number of anilines is 3. The molecule has 3 heterocycles. The zero-order chi connectivity index (χ0) is 41.9. The van der Waals surface area contributed by atoms with Crippen LogP contribution in [0, 0.1) is 0 Å². The molecule has 0 spiro atoms. The normalized spacial score (nSPS) is 12.1. The van der Waals surface area contributed by atoms with Gasteiger partial charge in [-0.2, -0.15) is 0 Å². The van der Waals surface area contributed by atoms with Crippen molar-refractivity contribution in [3.05, 3.63) is 218 Å². The first-order chi connectivity index (χ1) is 31.7. The minimum atomic E-state index is 0.866. The number of hydrogen-bond donors (Lipinski definition) is 0. The molecule has 11 aromatic carbocycles. The molecule has 64 heavy (non-hydrogen) atoms. The van der Waals surface area contributed by atoms with Crippen molar-refractivity contribution in [2.24, 2.45) is 0 Å². The lowest BCUT2D eigenvalue weighted by Crippen LogP contribution is -2.09. The highest BCUT2D eigenvalue weighted by Crippen LogP contribution is 2.48. The molecule has 0 atom stereocenters. The number of benzene rings is 11. The second-order valence-corrected chi connectivity index (χ2v) is 16.8. The molecule has 3 aromatic heterocycles. The van der Waals surface area contributed by atoms with Gasteiger partial charge in [0, 0.05) is 66.7 Å². The number of fused-ring (bicyclic) bond motifs is 15. The number of para-hydroxylation sites is 4. The topological polar surface area (TPSA) is 34.5 Å². The Kier molecular flexibility index (Phi) is 7.36. The third kappa shape index (κ3) is 5.05. The number of aromatic nitrogens is 1. The molecule has 0 aliphatic heterocycles. The first-order valence-corrected chi connectivity index (χ1v) is 21.8. The van der Waals surface area contributed by atoms with Crippen molar-refractivity contribution in [1.29, 1.82) is 0 Å². The van der Waals surface area contributed by atoms with Gasteiger partial charge in [0.1, 0.15) is 22.3 Å². The van der Waals surface area contributed by atoms with Gasteiger partial charge in [0.15, 0.2) is 0 Å². The highest BCUT2D eigenvalue weighted by atomic mass is 16.3. The summed E-state index contributed by atoms with van der Waals surface area (Å²) in [5.74, 6) is 0. The average Bonchev–Trinajstić information content (AvgIpc) is 4.03. The van der Waals surface area contributed by atoms with E-state index in [2.05, 4.69) is 216 Å². The molecule has 4 nitrogen and oxygen atoms in total. The number of hydrogen-bond acceptors (Lipinski definition) is 3. The fourth-order valence-electron chi connectivity index (χ4n) is 10.6. The maximum absolute atomic E-state index is 6.80. The summed E-state index contributed by atoms with van der Waals surface area (Å²) in [5, 5.41) is 14.4. The minimum Gasteiger partial charge on any atom is -0.456 e. The van der Waals surface area contributed by atoms with Crippen molar-refractivity contribution < 1.29 is 8.83 Å². The molecular formula is C60H36N2O2. The van der Waals surface area contributed by atoms with Gasteiger partial charge < -0.3 is 18.3 Å². The highest BCUT2D eigenvalue weighted by Gasteiger charge is 2.24. The Hall–Kier alpha value is -8.60. The molecule has 0 bridgehead atoms. The predicted octanol–water partition coefficient (Wildman–Crippen LogP) is 17.2. The van der Waals surface area contributed by atoms with Crippen LogP contribution < -0.4 is 4.90 Å². The molecule has 14 rings (SSSR count). The first-order valence-electron chi connectivity index (χ1n) is 21.8. The Balaban J connectivity index is 1.01. The average molecular weight is 817 g/mol. The van der Waals surface area contributed by atoms with E-state index in [1.165, 1.54) is 48.7 Å². The Morgan fingerprint density at radius 2 is 0.828 bits per heavy atom. The Bertz CT molecular complexity index is 4160. The lowest BCUT2D eigenvalue weighted by molar-refractivity contribution is 0.668. The van der Waals surface area contributed by atoms with Crippen molar-refractivity contribution in [1.82, 2.24) is 4.57 Å². The van der Waals surface area contributed by atoms with Gasteiger partial charge in [0.2, 0.25) is 0 Å². The summed E-state index contributed by atoms with van der Waals surface area (Å²) < 4.78 is 15.4. The van der Waals surface area contributed by atoms with Crippen molar-refractivity contribution >= 4 is 115 Å². The van der Waals surface area contributed by atoms with E-state index in [1.54, 1.807) is 0 Å². The van der Waals surface area contributed by atoms with Crippen LogP contribution in [0.15, 0.2) is 227 Å². The minimum absolute atomic E-state index is 0.866. The Morgan fingerprint density at radius 3 is 1.56 bits per heavy atom. The van der Waals surface area contributed by atoms with Crippen LogP contribution in [0.1, 0.15) is 0 Å². The summed E-state index contributed by atoms with van der Waals surface area (Å²) in [6.45, 7) is 0. The fourth-order valence-corrected chi connectivity index (χ4v) is 10.6.